The number of hydrogen-bond donors (Lipinski definition) is 1. The third-order valence-corrected chi connectivity index (χ3v) is 4.73. The number of hydrogen-bond acceptors (Lipinski definition) is 6. The average Bonchev–Trinajstić information content (AvgIpc) is 3.04. The third kappa shape index (κ3) is 3.05. The van der Waals surface area contributed by atoms with Crippen LogP contribution in [-0.4, -0.2) is 38.1 Å². The van der Waals surface area contributed by atoms with Crippen molar-refractivity contribution in [3.05, 3.63) is 46.9 Å². The van der Waals surface area contributed by atoms with Crippen LogP contribution in [0.2, 0.25) is 0 Å². The van der Waals surface area contributed by atoms with Gasteiger partial charge in [-0.1, -0.05) is 36.9 Å². The number of fused-ring (bicyclic) bond motifs is 1. The summed E-state index contributed by atoms with van der Waals surface area (Å²) in [7, 11) is 1.34. The van der Waals surface area contributed by atoms with Crippen molar-refractivity contribution in [2.24, 2.45) is 0 Å². The van der Waals surface area contributed by atoms with E-state index in [-0.39, 0.29) is 11.5 Å². The molecule has 0 fully saturated rings. The second-order valence-corrected chi connectivity index (χ2v) is 6.23. The Bertz CT molecular complexity index is 920. The molecule has 1 aromatic carbocycles. The minimum absolute atomic E-state index is 0.288. The number of aromatic nitrogens is 4. The SMILES string of the molecule is CC[C@@H](Sc1nc2c(cnn2-c2ccccc2)c(=O)[nH]1)C(=O)OC. The average molecular weight is 344 g/mol. The normalized spacial score (nSPS) is 12.2. The van der Waals surface area contributed by atoms with E-state index >= 15 is 0 Å². The van der Waals surface area contributed by atoms with Crippen molar-refractivity contribution in [3.8, 4) is 5.69 Å². The summed E-state index contributed by atoms with van der Waals surface area (Å²) in [5.74, 6) is -0.346. The summed E-state index contributed by atoms with van der Waals surface area (Å²) >= 11 is 1.18. The Morgan fingerprint density at radius 2 is 2.12 bits per heavy atom. The number of carbonyl (C=O) groups excluding carboxylic acids is 1. The molecule has 0 amide bonds. The number of methoxy groups -OCH3 is 1. The van der Waals surface area contributed by atoms with Crippen molar-refractivity contribution in [2.75, 3.05) is 7.11 Å². The molecular formula is C16H16N4O3S. The summed E-state index contributed by atoms with van der Waals surface area (Å²) in [5, 5.41) is 4.59. The molecule has 8 heteroatoms. The molecule has 0 saturated carbocycles. The van der Waals surface area contributed by atoms with E-state index in [0.29, 0.717) is 22.6 Å². The number of nitrogens with one attached hydrogen (secondary N) is 1. The van der Waals surface area contributed by atoms with E-state index in [1.807, 2.05) is 37.3 Å². The highest BCUT2D eigenvalue weighted by atomic mass is 32.2. The number of thioether (sulfide) groups is 1. The second kappa shape index (κ2) is 6.88. The highest BCUT2D eigenvalue weighted by Crippen LogP contribution is 2.24. The standard InChI is InChI=1S/C16H16N4O3S/c1-3-12(15(22)23-2)24-16-18-13-11(14(21)19-16)9-17-20(13)10-7-5-4-6-8-10/h4-9,12H,3H2,1-2H3,(H,18,19,21)/t12-/m1/s1. The summed E-state index contributed by atoms with van der Waals surface area (Å²) in [6.45, 7) is 1.87. The molecular weight excluding hydrogens is 328 g/mol. The molecule has 0 aliphatic heterocycles. The monoisotopic (exact) mass is 344 g/mol. The number of carbonyl (C=O) groups is 1. The predicted molar refractivity (Wildman–Crippen MR) is 91.4 cm³/mol. The third-order valence-electron chi connectivity index (χ3n) is 3.51. The summed E-state index contributed by atoms with van der Waals surface area (Å²) in [6, 6.07) is 9.43. The van der Waals surface area contributed by atoms with Crippen LogP contribution in [0.1, 0.15) is 13.3 Å². The van der Waals surface area contributed by atoms with Gasteiger partial charge in [0.15, 0.2) is 10.8 Å². The molecule has 0 bridgehead atoms. The molecule has 1 atom stereocenters. The number of rotatable bonds is 5. The van der Waals surface area contributed by atoms with Gasteiger partial charge in [0.1, 0.15) is 10.6 Å². The molecule has 1 N–H and O–H groups in total. The zero-order chi connectivity index (χ0) is 17.1. The van der Waals surface area contributed by atoms with Gasteiger partial charge < -0.3 is 9.72 Å². The smallest absolute Gasteiger partial charge is 0.319 e. The highest BCUT2D eigenvalue weighted by Gasteiger charge is 2.21. The maximum absolute atomic E-state index is 12.3. The van der Waals surface area contributed by atoms with E-state index in [0.717, 1.165) is 5.69 Å². The van der Waals surface area contributed by atoms with E-state index in [9.17, 15) is 9.59 Å². The molecule has 0 saturated heterocycles. The van der Waals surface area contributed by atoms with Gasteiger partial charge in [-0.2, -0.15) is 5.10 Å². The number of nitrogens with zero attached hydrogens (tertiary/aromatic N) is 3. The zero-order valence-corrected chi connectivity index (χ0v) is 14.0. The Kier molecular flexibility index (Phi) is 4.66. The lowest BCUT2D eigenvalue weighted by Crippen LogP contribution is -2.19. The fourth-order valence-electron chi connectivity index (χ4n) is 2.28. The van der Waals surface area contributed by atoms with Crippen LogP contribution < -0.4 is 5.56 Å². The van der Waals surface area contributed by atoms with E-state index in [4.69, 9.17) is 4.74 Å². The van der Waals surface area contributed by atoms with E-state index in [2.05, 4.69) is 15.1 Å². The molecule has 2 aromatic heterocycles. The van der Waals surface area contributed by atoms with Crippen molar-refractivity contribution in [1.29, 1.82) is 0 Å². The molecule has 124 valence electrons. The topological polar surface area (TPSA) is 89.9 Å². The number of para-hydroxylation sites is 1. The Morgan fingerprint density at radius 3 is 2.79 bits per heavy atom. The molecule has 0 spiro atoms. The zero-order valence-electron chi connectivity index (χ0n) is 13.2. The maximum Gasteiger partial charge on any atom is 0.319 e. The Labute approximate surface area is 142 Å². The van der Waals surface area contributed by atoms with Crippen LogP contribution in [0.5, 0.6) is 0 Å². The lowest BCUT2D eigenvalue weighted by molar-refractivity contribution is -0.140. The molecule has 0 radical (unpaired) electrons. The highest BCUT2D eigenvalue weighted by molar-refractivity contribution is 8.00. The number of esters is 1. The Hall–Kier alpha value is -2.61. The van der Waals surface area contributed by atoms with Gasteiger partial charge in [-0.25, -0.2) is 9.67 Å². The fraction of sp³-hybridized carbons (Fsp3) is 0.250. The largest absolute Gasteiger partial charge is 0.468 e. The lowest BCUT2D eigenvalue weighted by atomic mass is 10.3. The first kappa shape index (κ1) is 16.3. The molecule has 24 heavy (non-hydrogen) atoms. The number of ether oxygens (including phenoxy) is 1. The predicted octanol–water partition coefficient (Wildman–Crippen LogP) is 2.15. The van der Waals surface area contributed by atoms with Gasteiger partial charge in [-0.3, -0.25) is 9.59 Å². The minimum Gasteiger partial charge on any atom is -0.468 e. The van der Waals surface area contributed by atoms with Gasteiger partial charge in [0.25, 0.3) is 5.56 Å². The summed E-state index contributed by atoms with van der Waals surface area (Å²) in [5.41, 5.74) is 0.970. The van der Waals surface area contributed by atoms with E-state index < -0.39 is 5.25 Å². The van der Waals surface area contributed by atoms with Crippen molar-refractivity contribution < 1.29 is 9.53 Å². The summed E-state index contributed by atoms with van der Waals surface area (Å²) < 4.78 is 6.38. The van der Waals surface area contributed by atoms with Crippen LogP contribution in [0, 0.1) is 0 Å². The maximum atomic E-state index is 12.3. The van der Waals surface area contributed by atoms with Crippen molar-refractivity contribution in [2.45, 2.75) is 23.8 Å². The first-order valence-corrected chi connectivity index (χ1v) is 8.30. The van der Waals surface area contributed by atoms with Crippen LogP contribution in [0.15, 0.2) is 46.5 Å². The van der Waals surface area contributed by atoms with Crippen LogP contribution in [0.4, 0.5) is 0 Å². The van der Waals surface area contributed by atoms with Crippen LogP contribution in [0.25, 0.3) is 16.7 Å². The molecule has 3 aromatic rings. The molecule has 0 unspecified atom stereocenters. The molecule has 3 rings (SSSR count). The van der Waals surface area contributed by atoms with E-state index in [1.54, 1.807) is 4.68 Å². The number of benzene rings is 1. The van der Waals surface area contributed by atoms with Gasteiger partial charge in [0.2, 0.25) is 0 Å². The van der Waals surface area contributed by atoms with Crippen molar-refractivity contribution in [1.82, 2.24) is 19.7 Å². The van der Waals surface area contributed by atoms with Crippen LogP contribution in [-0.2, 0) is 9.53 Å². The molecule has 2 heterocycles. The summed E-state index contributed by atoms with van der Waals surface area (Å²) in [6.07, 6.45) is 2.05. The fourth-order valence-corrected chi connectivity index (χ4v) is 3.20. The van der Waals surface area contributed by atoms with Crippen molar-refractivity contribution in [3.63, 3.8) is 0 Å². The lowest BCUT2D eigenvalue weighted by Gasteiger charge is -2.11. The van der Waals surface area contributed by atoms with Gasteiger partial charge in [0.05, 0.1) is 19.0 Å². The Morgan fingerprint density at radius 1 is 1.38 bits per heavy atom. The van der Waals surface area contributed by atoms with Gasteiger partial charge >= 0.3 is 5.97 Å². The first-order chi connectivity index (χ1) is 11.6. The van der Waals surface area contributed by atoms with Gasteiger partial charge in [0, 0.05) is 0 Å². The quantitative estimate of drug-likeness (QED) is 0.433. The van der Waals surface area contributed by atoms with Gasteiger partial charge in [-0.05, 0) is 18.6 Å². The van der Waals surface area contributed by atoms with Gasteiger partial charge in [-0.15, -0.1) is 0 Å². The number of aromatic amines is 1. The minimum atomic E-state index is -0.427. The first-order valence-electron chi connectivity index (χ1n) is 7.42. The summed E-state index contributed by atoms with van der Waals surface area (Å²) in [4.78, 5) is 31.2. The van der Waals surface area contributed by atoms with Crippen molar-refractivity contribution >= 4 is 28.8 Å². The molecule has 0 aliphatic rings. The van der Waals surface area contributed by atoms with Crippen LogP contribution in [0.3, 0.4) is 0 Å². The molecule has 0 aliphatic carbocycles. The van der Waals surface area contributed by atoms with E-state index in [1.165, 1.54) is 25.1 Å². The number of H-pyrrole nitrogens is 1. The molecule has 7 nitrogen and oxygen atoms in total. The second-order valence-electron chi connectivity index (χ2n) is 5.04. The van der Waals surface area contributed by atoms with Crippen LogP contribution >= 0.6 is 11.8 Å². The Balaban J connectivity index is 2.05.